The van der Waals surface area contributed by atoms with Gasteiger partial charge in [0.25, 0.3) is 5.91 Å². The van der Waals surface area contributed by atoms with Crippen molar-refractivity contribution in [2.24, 2.45) is 0 Å². The van der Waals surface area contributed by atoms with Crippen LogP contribution in [-0.4, -0.2) is 16.9 Å². The number of carbonyl (C=O) groups is 2. The maximum absolute atomic E-state index is 13.1. The van der Waals surface area contributed by atoms with E-state index in [1.807, 2.05) is 68.4 Å². The number of pyridine rings is 1. The van der Waals surface area contributed by atoms with Crippen molar-refractivity contribution in [1.29, 1.82) is 0 Å². The molecule has 0 aliphatic heterocycles. The number of ether oxygens (including phenoxy) is 1. The fraction of sp³-hybridized carbons (Fsp3) is 0.107. The number of carbonyl (C=O) groups excluding carboxylic acids is 2. The smallest absolute Gasteiger partial charge is 0.331 e. The van der Waals surface area contributed by atoms with E-state index in [4.69, 9.17) is 4.74 Å². The molecule has 5 nitrogen and oxygen atoms in total. The van der Waals surface area contributed by atoms with Gasteiger partial charge in [-0.1, -0.05) is 60.7 Å². The molecule has 0 radical (unpaired) electrons. The molecule has 4 rings (SSSR count). The highest BCUT2D eigenvalue weighted by atomic mass is 16.5. The first-order valence-electron chi connectivity index (χ1n) is 10.7. The number of fused-ring (bicyclic) bond motifs is 1. The number of nitrogens with zero attached hydrogens (tertiary/aromatic N) is 1. The summed E-state index contributed by atoms with van der Waals surface area (Å²) in [6.45, 7) is 3.93. The van der Waals surface area contributed by atoms with Crippen molar-refractivity contribution < 1.29 is 14.3 Å². The van der Waals surface area contributed by atoms with Crippen LogP contribution in [0.15, 0.2) is 91.1 Å². The summed E-state index contributed by atoms with van der Waals surface area (Å²) in [5.74, 6) is -1.04. The van der Waals surface area contributed by atoms with Gasteiger partial charge in [0.2, 0.25) is 6.10 Å². The predicted molar refractivity (Wildman–Crippen MR) is 131 cm³/mol. The lowest BCUT2D eigenvalue weighted by atomic mass is 10.1. The Balaban J connectivity index is 1.55. The van der Waals surface area contributed by atoms with Crippen LogP contribution < -0.4 is 5.32 Å². The number of rotatable bonds is 6. The maximum Gasteiger partial charge on any atom is 0.331 e. The van der Waals surface area contributed by atoms with Gasteiger partial charge >= 0.3 is 5.97 Å². The Morgan fingerprint density at radius 1 is 0.909 bits per heavy atom. The van der Waals surface area contributed by atoms with E-state index in [0.717, 1.165) is 27.6 Å². The number of esters is 1. The minimum atomic E-state index is -1.09. The Kier molecular flexibility index (Phi) is 6.60. The molecule has 1 aromatic heterocycles. The summed E-state index contributed by atoms with van der Waals surface area (Å²) >= 11 is 0. The van der Waals surface area contributed by atoms with Crippen molar-refractivity contribution in [3.05, 3.63) is 113 Å². The van der Waals surface area contributed by atoms with Gasteiger partial charge in [-0.15, -0.1) is 0 Å². The molecule has 1 N–H and O–H groups in total. The average molecular weight is 437 g/mol. The van der Waals surface area contributed by atoms with Gasteiger partial charge in [0.1, 0.15) is 0 Å². The fourth-order valence-electron chi connectivity index (χ4n) is 3.73. The molecule has 1 unspecified atom stereocenters. The third-order valence-corrected chi connectivity index (χ3v) is 5.13. The number of aryl methyl sites for hydroxylation is 2. The third-order valence-electron chi connectivity index (χ3n) is 5.13. The second-order valence-corrected chi connectivity index (χ2v) is 7.85. The quantitative estimate of drug-likeness (QED) is 0.307. The van der Waals surface area contributed by atoms with Crippen LogP contribution in [0.3, 0.4) is 0 Å². The van der Waals surface area contributed by atoms with E-state index in [0.29, 0.717) is 11.3 Å². The van der Waals surface area contributed by atoms with Gasteiger partial charge in [-0.25, -0.2) is 4.79 Å². The van der Waals surface area contributed by atoms with E-state index in [1.165, 1.54) is 6.08 Å². The summed E-state index contributed by atoms with van der Waals surface area (Å²) in [7, 11) is 0. The number of anilines is 1. The van der Waals surface area contributed by atoms with Crippen molar-refractivity contribution in [3.63, 3.8) is 0 Å². The number of amides is 1. The molecule has 0 saturated carbocycles. The number of para-hydroxylation sites is 1. The summed E-state index contributed by atoms with van der Waals surface area (Å²) in [5, 5.41) is 3.85. The third kappa shape index (κ3) is 5.52. The SMILES string of the molecule is Cc1cc(C)cc(NC(=O)C(OC(=O)/C=C/c2cccc3cccnc23)c2ccccc2)c1. The lowest BCUT2D eigenvalue weighted by molar-refractivity contribution is -0.149. The Morgan fingerprint density at radius 3 is 2.39 bits per heavy atom. The molecule has 4 aromatic rings. The van der Waals surface area contributed by atoms with E-state index in [-0.39, 0.29) is 0 Å². The number of benzene rings is 3. The molecule has 0 aliphatic carbocycles. The Labute approximate surface area is 192 Å². The molecule has 0 spiro atoms. The number of hydrogen-bond donors (Lipinski definition) is 1. The standard InChI is InChI=1S/C28H24N2O3/c1-19-16-20(2)18-24(17-19)30-28(32)27(23-8-4-3-5-9-23)33-25(31)14-13-22-11-6-10-21-12-7-15-29-26(21)22/h3-18,27H,1-2H3,(H,30,32)/b14-13+. The van der Waals surface area contributed by atoms with Crippen LogP contribution in [0.2, 0.25) is 0 Å². The van der Waals surface area contributed by atoms with Crippen LogP contribution >= 0.6 is 0 Å². The molecule has 3 aromatic carbocycles. The van der Waals surface area contributed by atoms with Crippen molar-refractivity contribution in [2.75, 3.05) is 5.32 Å². The van der Waals surface area contributed by atoms with Crippen molar-refractivity contribution in [3.8, 4) is 0 Å². The van der Waals surface area contributed by atoms with Crippen molar-refractivity contribution in [1.82, 2.24) is 4.98 Å². The normalized spacial score (nSPS) is 11.9. The first kappa shape index (κ1) is 22.0. The summed E-state index contributed by atoms with van der Waals surface area (Å²) in [4.78, 5) is 30.2. The topological polar surface area (TPSA) is 68.3 Å². The molecule has 0 aliphatic rings. The van der Waals surface area contributed by atoms with Crippen LogP contribution in [0.4, 0.5) is 5.69 Å². The molecule has 5 heteroatoms. The van der Waals surface area contributed by atoms with E-state index < -0.39 is 18.0 Å². The highest BCUT2D eigenvalue weighted by Crippen LogP contribution is 2.22. The molecular weight excluding hydrogens is 412 g/mol. The van der Waals surface area contributed by atoms with Crippen LogP contribution in [0.1, 0.15) is 28.4 Å². The van der Waals surface area contributed by atoms with Crippen LogP contribution in [0, 0.1) is 13.8 Å². The maximum atomic E-state index is 13.1. The van der Waals surface area contributed by atoms with E-state index >= 15 is 0 Å². The number of nitrogens with one attached hydrogen (secondary N) is 1. The molecule has 0 saturated heterocycles. The van der Waals surface area contributed by atoms with Gasteiger partial charge in [0, 0.05) is 34.5 Å². The second-order valence-electron chi connectivity index (χ2n) is 7.85. The minimum absolute atomic E-state index is 0.417. The summed E-state index contributed by atoms with van der Waals surface area (Å²) < 4.78 is 5.61. The highest BCUT2D eigenvalue weighted by molar-refractivity contribution is 5.98. The van der Waals surface area contributed by atoms with Crippen LogP contribution in [0.25, 0.3) is 17.0 Å². The highest BCUT2D eigenvalue weighted by Gasteiger charge is 2.24. The van der Waals surface area contributed by atoms with Crippen molar-refractivity contribution in [2.45, 2.75) is 20.0 Å². The van der Waals surface area contributed by atoms with Gasteiger partial charge in [-0.05, 0) is 49.2 Å². The first-order chi connectivity index (χ1) is 16.0. The fourth-order valence-corrected chi connectivity index (χ4v) is 3.73. The molecule has 0 fully saturated rings. The van der Waals surface area contributed by atoms with Gasteiger partial charge in [-0.2, -0.15) is 0 Å². The number of hydrogen-bond acceptors (Lipinski definition) is 4. The largest absolute Gasteiger partial charge is 0.444 e. The summed E-state index contributed by atoms with van der Waals surface area (Å²) in [6, 6.07) is 24.3. The Morgan fingerprint density at radius 2 is 1.64 bits per heavy atom. The molecular formula is C28H24N2O3. The van der Waals surface area contributed by atoms with Gasteiger partial charge in [0.05, 0.1) is 5.52 Å². The molecule has 1 atom stereocenters. The summed E-state index contributed by atoms with van der Waals surface area (Å²) in [5.41, 5.74) is 4.90. The minimum Gasteiger partial charge on any atom is -0.444 e. The lowest BCUT2D eigenvalue weighted by Crippen LogP contribution is -2.25. The molecule has 33 heavy (non-hydrogen) atoms. The molecule has 1 amide bonds. The van der Waals surface area contributed by atoms with Crippen LogP contribution in [0.5, 0.6) is 0 Å². The summed E-state index contributed by atoms with van der Waals surface area (Å²) in [6.07, 6.45) is 3.60. The number of aromatic nitrogens is 1. The van der Waals surface area contributed by atoms with Crippen LogP contribution in [-0.2, 0) is 14.3 Å². The Bertz CT molecular complexity index is 1300. The van der Waals surface area contributed by atoms with Gasteiger partial charge in [0.15, 0.2) is 0 Å². The predicted octanol–water partition coefficient (Wildman–Crippen LogP) is 5.79. The van der Waals surface area contributed by atoms with E-state index in [2.05, 4.69) is 10.3 Å². The van der Waals surface area contributed by atoms with E-state index in [9.17, 15) is 9.59 Å². The zero-order valence-electron chi connectivity index (χ0n) is 18.5. The lowest BCUT2D eigenvalue weighted by Gasteiger charge is -2.18. The second kappa shape index (κ2) is 9.92. The molecule has 0 bridgehead atoms. The van der Waals surface area contributed by atoms with Gasteiger partial charge in [-0.3, -0.25) is 9.78 Å². The average Bonchev–Trinajstić information content (AvgIpc) is 2.81. The zero-order chi connectivity index (χ0) is 23.2. The molecule has 1 heterocycles. The first-order valence-corrected chi connectivity index (χ1v) is 10.7. The van der Waals surface area contributed by atoms with Gasteiger partial charge < -0.3 is 10.1 Å². The van der Waals surface area contributed by atoms with E-state index in [1.54, 1.807) is 36.5 Å². The van der Waals surface area contributed by atoms with Crippen molar-refractivity contribution >= 4 is 34.5 Å². The molecule has 164 valence electrons. The zero-order valence-corrected chi connectivity index (χ0v) is 18.5. The monoisotopic (exact) mass is 436 g/mol. The Hall–Kier alpha value is -4.25.